The average molecular weight is 241 g/mol. The van der Waals surface area contributed by atoms with E-state index < -0.39 is 0 Å². The summed E-state index contributed by atoms with van der Waals surface area (Å²) in [5.41, 5.74) is 0.958. The van der Waals surface area contributed by atoms with E-state index in [9.17, 15) is 4.79 Å². The summed E-state index contributed by atoms with van der Waals surface area (Å²) in [4.78, 5) is 15.9. The van der Waals surface area contributed by atoms with Gasteiger partial charge in [-0.25, -0.2) is 4.98 Å². The minimum Gasteiger partial charge on any atom is -0.348 e. The molecule has 1 heterocycles. The topological polar surface area (TPSA) is 54.0 Å². The Balaban J connectivity index is 2.45. The van der Waals surface area contributed by atoms with E-state index in [0.29, 0.717) is 13.0 Å². The number of thiazole rings is 1. The molecule has 0 saturated carbocycles. The zero-order valence-electron chi connectivity index (χ0n) is 10.0. The second-order valence-corrected chi connectivity index (χ2v) is 4.61. The molecule has 1 atom stereocenters. The van der Waals surface area contributed by atoms with Crippen LogP contribution in [-0.2, 0) is 11.2 Å². The Labute approximate surface area is 100 Å². The molecule has 0 aliphatic carbocycles. The maximum Gasteiger partial charge on any atom is 0.221 e. The number of rotatable bonds is 6. The normalized spacial score (nSPS) is 12.4. The third-order valence-corrected chi connectivity index (χ3v) is 3.31. The highest BCUT2D eigenvalue weighted by atomic mass is 32.1. The molecule has 0 saturated heterocycles. The number of hydrogen-bond donors (Lipinski definition) is 2. The van der Waals surface area contributed by atoms with Gasteiger partial charge in [0, 0.05) is 18.3 Å². The monoisotopic (exact) mass is 241 g/mol. The second kappa shape index (κ2) is 6.60. The Morgan fingerprint density at radius 1 is 1.62 bits per heavy atom. The van der Waals surface area contributed by atoms with Gasteiger partial charge in [0.25, 0.3) is 0 Å². The number of hydrogen-bond acceptors (Lipinski definition) is 4. The zero-order chi connectivity index (χ0) is 12.0. The molecule has 0 bridgehead atoms. The van der Waals surface area contributed by atoms with Crippen molar-refractivity contribution in [1.29, 1.82) is 0 Å². The van der Waals surface area contributed by atoms with Crippen molar-refractivity contribution >= 4 is 17.2 Å². The van der Waals surface area contributed by atoms with Crippen molar-refractivity contribution in [3.63, 3.8) is 0 Å². The molecule has 4 nitrogen and oxygen atoms in total. The maximum atomic E-state index is 11.5. The largest absolute Gasteiger partial charge is 0.348 e. The minimum absolute atomic E-state index is 0.000839. The van der Waals surface area contributed by atoms with Crippen LogP contribution < -0.4 is 10.6 Å². The first-order chi connectivity index (χ1) is 7.67. The molecular weight excluding hydrogens is 222 g/mol. The van der Waals surface area contributed by atoms with Crippen molar-refractivity contribution in [2.75, 3.05) is 13.6 Å². The molecule has 1 unspecified atom stereocenters. The fourth-order valence-electron chi connectivity index (χ4n) is 1.31. The highest BCUT2D eigenvalue weighted by Crippen LogP contribution is 2.16. The summed E-state index contributed by atoms with van der Waals surface area (Å²) in [6.07, 6.45) is 1.46. The standard InChI is InChI=1S/C11H19N3OS/c1-4-11-14-9(7-16-11)8(2)13-10(15)5-6-12-3/h7-8,12H,4-6H2,1-3H3,(H,13,15). The number of aryl methyl sites for hydroxylation is 1. The minimum atomic E-state index is 0.000839. The van der Waals surface area contributed by atoms with Crippen LogP contribution in [0.1, 0.15) is 37.0 Å². The molecule has 0 fully saturated rings. The van der Waals surface area contributed by atoms with Gasteiger partial charge in [-0.15, -0.1) is 11.3 Å². The van der Waals surface area contributed by atoms with E-state index in [0.717, 1.165) is 17.1 Å². The lowest BCUT2D eigenvalue weighted by molar-refractivity contribution is -0.121. The molecule has 0 aliphatic rings. The van der Waals surface area contributed by atoms with Crippen LogP contribution in [0.5, 0.6) is 0 Å². The molecule has 0 aromatic carbocycles. The average Bonchev–Trinajstić information content (AvgIpc) is 2.74. The van der Waals surface area contributed by atoms with E-state index in [1.807, 2.05) is 19.4 Å². The lowest BCUT2D eigenvalue weighted by Crippen LogP contribution is -2.29. The summed E-state index contributed by atoms with van der Waals surface area (Å²) in [5, 5.41) is 9.02. The van der Waals surface area contributed by atoms with E-state index in [-0.39, 0.29) is 11.9 Å². The quantitative estimate of drug-likeness (QED) is 0.793. The molecule has 5 heteroatoms. The summed E-state index contributed by atoms with van der Waals surface area (Å²) in [7, 11) is 1.84. The van der Waals surface area contributed by atoms with Crippen LogP contribution in [-0.4, -0.2) is 24.5 Å². The van der Waals surface area contributed by atoms with E-state index in [1.165, 1.54) is 0 Å². The number of aromatic nitrogens is 1. The Morgan fingerprint density at radius 2 is 2.38 bits per heavy atom. The van der Waals surface area contributed by atoms with Crippen LogP contribution in [0.25, 0.3) is 0 Å². The van der Waals surface area contributed by atoms with Crippen LogP contribution in [0.4, 0.5) is 0 Å². The maximum absolute atomic E-state index is 11.5. The Hall–Kier alpha value is -0.940. The summed E-state index contributed by atoms with van der Waals surface area (Å²) in [6.45, 7) is 4.75. The van der Waals surface area contributed by atoms with Crippen LogP contribution in [0.15, 0.2) is 5.38 Å². The SMILES string of the molecule is CCc1nc(C(C)NC(=O)CCNC)cs1. The Kier molecular flexibility index (Phi) is 5.42. The molecule has 0 radical (unpaired) electrons. The van der Waals surface area contributed by atoms with E-state index in [4.69, 9.17) is 0 Å². The fraction of sp³-hybridized carbons (Fsp3) is 0.636. The Bertz CT molecular complexity index is 338. The molecule has 90 valence electrons. The van der Waals surface area contributed by atoms with Crippen LogP contribution in [0, 0.1) is 0 Å². The summed E-state index contributed by atoms with van der Waals surface area (Å²) in [5.74, 6) is 0.0629. The van der Waals surface area contributed by atoms with E-state index in [1.54, 1.807) is 11.3 Å². The zero-order valence-corrected chi connectivity index (χ0v) is 10.9. The first-order valence-electron chi connectivity index (χ1n) is 5.55. The van der Waals surface area contributed by atoms with Gasteiger partial charge in [0.05, 0.1) is 16.7 Å². The van der Waals surface area contributed by atoms with Gasteiger partial charge >= 0.3 is 0 Å². The third-order valence-electron chi connectivity index (χ3n) is 2.30. The summed E-state index contributed by atoms with van der Waals surface area (Å²) < 4.78 is 0. The lowest BCUT2D eigenvalue weighted by Gasteiger charge is -2.11. The first kappa shape index (κ1) is 13.1. The van der Waals surface area contributed by atoms with Crippen molar-refractivity contribution in [3.05, 3.63) is 16.1 Å². The third kappa shape index (κ3) is 3.90. The molecular formula is C11H19N3OS. The highest BCUT2D eigenvalue weighted by Gasteiger charge is 2.11. The molecule has 1 aromatic heterocycles. The molecule has 1 amide bonds. The fourth-order valence-corrected chi connectivity index (χ4v) is 2.15. The molecule has 16 heavy (non-hydrogen) atoms. The van der Waals surface area contributed by atoms with Gasteiger partial charge in [-0.3, -0.25) is 4.79 Å². The number of nitrogens with one attached hydrogen (secondary N) is 2. The molecule has 1 aromatic rings. The smallest absolute Gasteiger partial charge is 0.221 e. The van der Waals surface area contributed by atoms with Gasteiger partial charge in [-0.2, -0.15) is 0 Å². The molecule has 1 rings (SSSR count). The first-order valence-corrected chi connectivity index (χ1v) is 6.43. The summed E-state index contributed by atoms with van der Waals surface area (Å²) in [6, 6.07) is 0.000839. The number of nitrogens with zero attached hydrogens (tertiary/aromatic N) is 1. The van der Waals surface area contributed by atoms with Gasteiger partial charge < -0.3 is 10.6 Å². The van der Waals surface area contributed by atoms with Crippen LogP contribution in [0.3, 0.4) is 0 Å². The second-order valence-electron chi connectivity index (χ2n) is 3.66. The predicted molar refractivity (Wildman–Crippen MR) is 66.6 cm³/mol. The highest BCUT2D eigenvalue weighted by molar-refractivity contribution is 7.09. The van der Waals surface area contributed by atoms with Gasteiger partial charge in [0.2, 0.25) is 5.91 Å². The number of carbonyl (C=O) groups is 1. The molecule has 2 N–H and O–H groups in total. The van der Waals surface area contributed by atoms with E-state index >= 15 is 0 Å². The number of amides is 1. The van der Waals surface area contributed by atoms with Crippen molar-refractivity contribution in [2.45, 2.75) is 32.7 Å². The van der Waals surface area contributed by atoms with Crippen molar-refractivity contribution in [2.24, 2.45) is 0 Å². The van der Waals surface area contributed by atoms with Gasteiger partial charge in [0.15, 0.2) is 0 Å². The van der Waals surface area contributed by atoms with Crippen molar-refractivity contribution in [3.8, 4) is 0 Å². The van der Waals surface area contributed by atoms with Crippen LogP contribution >= 0.6 is 11.3 Å². The predicted octanol–water partition coefficient (Wildman–Crippen LogP) is 1.49. The number of carbonyl (C=O) groups excluding carboxylic acids is 1. The van der Waals surface area contributed by atoms with Gasteiger partial charge in [-0.1, -0.05) is 6.92 Å². The van der Waals surface area contributed by atoms with Crippen molar-refractivity contribution < 1.29 is 4.79 Å². The Morgan fingerprint density at radius 3 is 2.94 bits per heavy atom. The van der Waals surface area contributed by atoms with Crippen molar-refractivity contribution in [1.82, 2.24) is 15.6 Å². The molecule has 0 spiro atoms. The van der Waals surface area contributed by atoms with E-state index in [2.05, 4.69) is 22.5 Å². The van der Waals surface area contributed by atoms with Gasteiger partial charge in [0.1, 0.15) is 0 Å². The summed E-state index contributed by atoms with van der Waals surface area (Å²) >= 11 is 1.65. The molecule has 0 aliphatic heterocycles. The van der Waals surface area contributed by atoms with Crippen LogP contribution in [0.2, 0.25) is 0 Å². The van der Waals surface area contributed by atoms with Gasteiger partial charge in [-0.05, 0) is 20.4 Å². The lowest BCUT2D eigenvalue weighted by atomic mass is 10.2.